The quantitative estimate of drug-likeness (QED) is 0.605. The molecule has 160 valence electrons. The van der Waals surface area contributed by atoms with Crippen molar-refractivity contribution >= 4 is 35.0 Å². The first-order valence-electron chi connectivity index (χ1n) is 9.24. The number of amides is 2. The highest BCUT2D eigenvalue weighted by Gasteiger charge is 2.52. The summed E-state index contributed by atoms with van der Waals surface area (Å²) in [6.07, 6.45) is -5.61. The predicted octanol–water partition coefficient (Wildman–Crippen LogP) is 5.44. The Morgan fingerprint density at radius 2 is 1.73 bits per heavy atom. The number of halogens is 5. The molecule has 0 bridgehead atoms. The van der Waals surface area contributed by atoms with Crippen LogP contribution in [0.25, 0.3) is 11.1 Å². The van der Waals surface area contributed by atoms with Gasteiger partial charge in [-0.2, -0.15) is 13.2 Å². The molecule has 9 heteroatoms. The smallest absolute Gasteiger partial charge is 0.348 e. The lowest BCUT2D eigenvalue weighted by Crippen LogP contribution is -2.50. The van der Waals surface area contributed by atoms with Crippen molar-refractivity contribution in [2.75, 3.05) is 0 Å². The molecule has 1 atom stereocenters. The lowest BCUT2D eigenvalue weighted by atomic mass is 10.0. The first-order chi connectivity index (χ1) is 14.0. The minimum absolute atomic E-state index is 0.307. The van der Waals surface area contributed by atoms with Crippen LogP contribution in [-0.4, -0.2) is 23.5 Å². The number of alkyl halides is 3. The second-order valence-electron chi connectivity index (χ2n) is 7.34. The Bertz CT molecular complexity index is 958. The van der Waals surface area contributed by atoms with E-state index >= 15 is 0 Å². The van der Waals surface area contributed by atoms with Crippen molar-refractivity contribution in [1.29, 1.82) is 0 Å². The number of hydrogen-bond acceptors (Lipinski definition) is 2. The topological polar surface area (TPSA) is 58.2 Å². The van der Waals surface area contributed by atoms with E-state index in [1.807, 2.05) is 30.3 Å². The standard InChI is InChI=1S/C21H19Cl2F3N2O2/c1-12(27-19(30)20(9-10-20)28-17(29)11-21(24,25)26)13-5-7-14(8-6-13)15-3-2-4-16(22)18(15)23/h2-8,12H,9-11H2,1H3,(H,27,30)(H,28,29)/t12-/m1/s1. The zero-order valence-electron chi connectivity index (χ0n) is 15.9. The molecule has 3 rings (SSSR count). The van der Waals surface area contributed by atoms with E-state index in [2.05, 4.69) is 10.6 Å². The summed E-state index contributed by atoms with van der Waals surface area (Å²) in [6.45, 7) is 1.76. The van der Waals surface area contributed by atoms with E-state index in [9.17, 15) is 22.8 Å². The van der Waals surface area contributed by atoms with Gasteiger partial charge in [0.1, 0.15) is 12.0 Å². The molecule has 0 heterocycles. The second-order valence-corrected chi connectivity index (χ2v) is 8.13. The third-order valence-electron chi connectivity index (χ3n) is 4.95. The van der Waals surface area contributed by atoms with Crippen LogP contribution in [0.15, 0.2) is 42.5 Å². The van der Waals surface area contributed by atoms with E-state index in [1.165, 1.54) is 0 Å². The van der Waals surface area contributed by atoms with E-state index in [0.29, 0.717) is 22.9 Å². The normalized spacial score (nSPS) is 15.9. The van der Waals surface area contributed by atoms with E-state index in [-0.39, 0.29) is 0 Å². The second kappa shape index (κ2) is 8.47. The fourth-order valence-electron chi connectivity index (χ4n) is 3.12. The van der Waals surface area contributed by atoms with Crippen LogP contribution in [0, 0.1) is 0 Å². The van der Waals surface area contributed by atoms with E-state index < -0.39 is 36.0 Å². The van der Waals surface area contributed by atoms with Crippen LogP contribution < -0.4 is 10.6 Å². The lowest BCUT2D eigenvalue weighted by molar-refractivity contribution is -0.155. The number of rotatable bonds is 6. The zero-order valence-corrected chi connectivity index (χ0v) is 17.5. The maximum atomic E-state index is 12.5. The van der Waals surface area contributed by atoms with Crippen LogP contribution in [0.1, 0.15) is 37.8 Å². The van der Waals surface area contributed by atoms with Gasteiger partial charge in [-0.25, -0.2) is 0 Å². The van der Waals surface area contributed by atoms with Gasteiger partial charge in [0, 0.05) is 5.56 Å². The molecule has 0 spiro atoms. The van der Waals surface area contributed by atoms with Gasteiger partial charge in [0.05, 0.1) is 16.1 Å². The fraction of sp³-hybridized carbons (Fsp3) is 0.333. The summed E-state index contributed by atoms with van der Waals surface area (Å²) in [5.41, 5.74) is 1.16. The lowest BCUT2D eigenvalue weighted by Gasteiger charge is -2.21. The first kappa shape index (κ1) is 22.4. The summed E-state index contributed by atoms with van der Waals surface area (Å²) in [5.74, 6) is -1.70. The Morgan fingerprint density at radius 1 is 1.10 bits per heavy atom. The minimum Gasteiger partial charge on any atom is -0.348 e. The van der Waals surface area contributed by atoms with Gasteiger partial charge in [-0.05, 0) is 37.0 Å². The van der Waals surface area contributed by atoms with E-state index in [4.69, 9.17) is 23.2 Å². The molecule has 2 aromatic rings. The maximum Gasteiger partial charge on any atom is 0.397 e. The van der Waals surface area contributed by atoms with Crippen LogP contribution in [0.4, 0.5) is 13.2 Å². The Labute approximate surface area is 181 Å². The molecule has 2 amide bonds. The first-order valence-corrected chi connectivity index (χ1v) is 9.99. The Balaban J connectivity index is 1.64. The number of carbonyl (C=O) groups excluding carboxylic acids is 2. The molecule has 0 aliphatic heterocycles. The molecular formula is C21H19Cl2F3N2O2. The average Bonchev–Trinajstić information content (AvgIpc) is 3.43. The van der Waals surface area contributed by atoms with Crippen LogP contribution >= 0.6 is 23.2 Å². The van der Waals surface area contributed by atoms with Gasteiger partial charge < -0.3 is 10.6 Å². The van der Waals surface area contributed by atoms with Gasteiger partial charge in [0.2, 0.25) is 11.8 Å². The maximum absolute atomic E-state index is 12.5. The summed E-state index contributed by atoms with van der Waals surface area (Å²) >= 11 is 12.3. The van der Waals surface area contributed by atoms with Crippen molar-refractivity contribution in [2.24, 2.45) is 0 Å². The van der Waals surface area contributed by atoms with Crippen molar-refractivity contribution in [3.8, 4) is 11.1 Å². The average molecular weight is 459 g/mol. The number of hydrogen-bond donors (Lipinski definition) is 2. The minimum atomic E-state index is -4.61. The Hall–Kier alpha value is -2.25. The zero-order chi connectivity index (χ0) is 22.1. The van der Waals surface area contributed by atoms with Gasteiger partial charge in [0.25, 0.3) is 0 Å². The van der Waals surface area contributed by atoms with Crippen molar-refractivity contribution in [3.05, 3.63) is 58.1 Å². The van der Waals surface area contributed by atoms with Gasteiger partial charge in [-0.15, -0.1) is 0 Å². The number of benzene rings is 2. The van der Waals surface area contributed by atoms with Crippen molar-refractivity contribution < 1.29 is 22.8 Å². The Morgan fingerprint density at radius 3 is 2.30 bits per heavy atom. The monoisotopic (exact) mass is 458 g/mol. The van der Waals surface area contributed by atoms with Crippen LogP contribution in [0.5, 0.6) is 0 Å². The summed E-state index contributed by atoms with van der Waals surface area (Å²) in [4.78, 5) is 24.1. The molecule has 1 aliphatic rings. The molecule has 1 saturated carbocycles. The van der Waals surface area contributed by atoms with Crippen LogP contribution in [-0.2, 0) is 9.59 Å². The van der Waals surface area contributed by atoms with Gasteiger partial charge >= 0.3 is 6.18 Å². The number of carbonyl (C=O) groups is 2. The summed E-state index contributed by atoms with van der Waals surface area (Å²) in [5, 5.41) is 5.88. The largest absolute Gasteiger partial charge is 0.397 e. The summed E-state index contributed by atoms with van der Waals surface area (Å²) in [6, 6.07) is 12.2. The van der Waals surface area contributed by atoms with Gasteiger partial charge in [0.15, 0.2) is 0 Å². The Kier molecular flexibility index (Phi) is 6.34. The van der Waals surface area contributed by atoms with Gasteiger partial charge in [-0.3, -0.25) is 9.59 Å². The molecule has 0 saturated heterocycles. The molecule has 30 heavy (non-hydrogen) atoms. The molecule has 2 aromatic carbocycles. The molecular weight excluding hydrogens is 440 g/mol. The molecule has 1 aliphatic carbocycles. The van der Waals surface area contributed by atoms with E-state index in [1.54, 1.807) is 19.1 Å². The number of nitrogens with one attached hydrogen (secondary N) is 2. The summed E-state index contributed by atoms with van der Waals surface area (Å²) in [7, 11) is 0. The molecule has 2 N–H and O–H groups in total. The molecule has 4 nitrogen and oxygen atoms in total. The molecule has 0 aromatic heterocycles. The van der Waals surface area contributed by atoms with Crippen LogP contribution in [0.2, 0.25) is 10.0 Å². The highest BCUT2D eigenvalue weighted by Crippen LogP contribution is 2.37. The third-order valence-corrected chi connectivity index (χ3v) is 5.76. The van der Waals surface area contributed by atoms with E-state index in [0.717, 1.165) is 16.7 Å². The highest BCUT2D eigenvalue weighted by molar-refractivity contribution is 6.43. The molecule has 0 unspecified atom stereocenters. The summed E-state index contributed by atoms with van der Waals surface area (Å²) < 4.78 is 37.1. The predicted molar refractivity (Wildman–Crippen MR) is 109 cm³/mol. The van der Waals surface area contributed by atoms with Gasteiger partial charge in [-0.1, -0.05) is 59.6 Å². The van der Waals surface area contributed by atoms with Crippen LogP contribution in [0.3, 0.4) is 0 Å². The fourth-order valence-corrected chi connectivity index (χ4v) is 3.53. The van der Waals surface area contributed by atoms with Crippen molar-refractivity contribution in [1.82, 2.24) is 10.6 Å². The molecule has 0 radical (unpaired) electrons. The third kappa shape index (κ3) is 5.26. The highest BCUT2D eigenvalue weighted by atomic mass is 35.5. The van der Waals surface area contributed by atoms with Crippen molar-refractivity contribution in [3.63, 3.8) is 0 Å². The SMILES string of the molecule is C[C@@H](NC(=O)C1(NC(=O)CC(F)(F)F)CC1)c1ccc(-c2cccc(Cl)c2Cl)cc1. The molecule has 1 fully saturated rings. The van der Waals surface area contributed by atoms with Crippen molar-refractivity contribution in [2.45, 2.75) is 43.9 Å².